The van der Waals surface area contributed by atoms with E-state index >= 15 is 0 Å². The molecule has 3 aromatic heterocycles. The van der Waals surface area contributed by atoms with Gasteiger partial charge in [-0.15, -0.1) is 0 Å². The smallest absolute Gasteiger partial charge is 0.331 e. The van der Waals surface area contributed by atoms with Crippen molar-refractivity contribution in [2.45, 2.75) is 13.0 Å². The maximum absolute atomic E-state index is 13.5. The van der Waals surface area contributed by atoms with Gasteiger partial charge in [0.15, 0.2) is 11.4 Å². The van der Waals surface area contributed by atoms with Gasteiger partial charge < -0.3 is 9.67 Å². The summed E-state index contributed by atoms with van der Waals surface area (Å²) in [7, 11) is 1.57. The zero-order valence-corrected chi connectivity index (χ0v) is 19.5. The van der Waals surface area contributed by atoms with Crippen LogP contribution in [0, 0.1) is 0 Å². The van der Waals surface area contributed by atoms with Crippen molar-refractivity contribution in [1.29, 1.82) is 0 Å². The largest absolute Gasteiger partial charge is 0.504 e. The average Bonchev–Trinajstić information content (AvgIpc) is 2.89. The summed E-state index contributed by atoms with van der Waals surface area (Å²) < 4.78 is 2.44. The van der Waals surface area contributed by atoms with Crippen LogP contribution in [0.1, 0.15) is 32.7 Å². The van der Waals surface area contributed by atoms with Gasteiger partial charge in [0.1, 0.15) is 5.52 Å². The van der Waals surface area contributed by atoms with Crippen molar-refractivity contribution >= 4 is 16.7 Å². The second-order valence-electron chi connectivity index (χ2n) is 8.56. The normalized spacial score (nSPS) is 11.0. The summed E-state index contributed by atoms with van der Waals surface area (Å²) in [6.07, 6.45) is 4.99. The molecule has 0 saturated heterocycles. The van der Waals surface area contributed by atoms with Gasteiger partial charge in [-0.25, -0.2) is 9.78 Å². The van der Waals surface area contributed by atoms with Crippen LogP contribution in [-0.2, 0) is 20.0 Å². The number of nitrogens with zero attached hydrogens (tertiary/aromatic N) is 4. The van der Waals surface area contributed by atoms with Crippen molar-refractivity contribution in [3.8, 4) is 5.75 Å². The number of fused-ring (bicyclic) bond motifs is 1. The lowest BCUT2D eigenvalue weighted by atomic mass is 9.96. The SMILES string of the molecule is Cn1ccc(=O)n(Cc2cc(Cc3ccccc3)cc(C(=O)c3ncc4cccnc4c3O)c2)c1=O. The molecular weight excluding hydrogens is 456 g/mol. The van der Waals surface area contributed by atoms with Crippen LogP contribution in [0.4, 0.5) is 0 Å². The summed E-state index contributed by atoms with van der Waals surface area (Å²) in [4.78, 5) is 46.9. The molecule has 0 fully saturated rings. The van der Waals surface area contributed by atoms with Crippen LogP contribution in [0.2, 0.25) is 0 Å². The van der Waals surface area contributed by atoms with E-state index in [0.29, 0.717) is 17.4 Å². The molecule has 8 nitrogen and oxygen atoms in total. The highest BCUT2D eigenvalue weighted by Crippen LogP contribution is 2.27. The van der Waals surface area contributed by atoms with Gasteiger partial charge >= 0.3 is 5.69 Å². The lowest BCUT2D eigenvalue weighted by molar-refractivity contribution is 0.103. The van der Waals surface area contributed by atoms with Crippen molar-refractivity contribution in [1.82, 2.24) is 19.1 Å². The van der Waals surface area contributed by atoms with Crippen molar-refractivity contribution < 1.29 is 9.90 Å². The molecule has 5 rings (SSSR count). The zero-order chi connectivity index (χ0) is 25.2. The van der Waals surface area contributed by atoms with E-state index in [9.17, 15) is 19.5 Å². The van der Waals surface area contributed by atoms with Crippen LogP contribution in [0.5, 0.6) is 5.75 Å². The molecule has 0 atom stereocenters. The third-order valence-corrected chi connectivity index (χ3v) is 5.98. The van der Waals surface area contributed by atoms with Gasteiger partial charge in [0.05, 0.1) is 6.54 Å². The number of ketones is 1. The van der Waals surface area contributed by atoms with E-state index in [0.717, 1.165) is 15.7 Å². The fourth-order valence-corrected chi connectivity index (χ4v) is 4.19. The Bertz CT molecular complexity index is 1720. The van der Waals surface area contributed by atoms with Gasteiger partial charge in [-0.3, -0.25) is 19.1 Å². The van der Waals surface area contributed by atoms with Crippen LogP contribution in [-0.4, -0.2) is 30.0 Å². The van der Waals surface area contributed by atoms with Crippen molar-refractivity contribution in [3.63, 3.8) is 0 Å². The standard InChI is InChI=1S/C28H22N4O4/c1-31-11-9-23(33)32(28(31)36)17-20-13-19(12-18-6-3-2-4-7-18)14-22(15-20)26(34)25-27(35)24-21(16-30-25)8-5-10-29-24/h2-11,13-16,35H,12,17H2,1H3. The zero-order valence-electron chi connectivity index (χ0n) is 19.5. The number of aryl methyl sites for hydroxylation is 1. The van der Waals surface area contributed by atoms with Crippen LogP contribution in [0.25, 0.3) is 10.9 Å². The third kappa shape index (κ3) is 4.44. The van der Waals surface area contributed by atoms with Gasteiger partial charge in [0, 0.05) is 42.7 Å². The van der Waals surface area contributed by atoms with Crippen molar-refractivity contribution in [2.75, 3.05) is 0 Å². The first-order valence-corrected chi connectivity index (χ1v) is 11.3. The molecule has 1 N–H and O–H groups in total. The molecule has 0 bridgehead atoms. The summed E-state index contributed by atoms with van der Waals surface area (Å²) in [5, 5.41) is 11.4. The molecule has 178 valence electrons. The van der Waals surface area contributed by atoms with Gasteiger partial charge in [-0.05, 0) is 47.4 Å². The Kier molecular flexibility index (Phi) is 6.00. The predicted molar refractivity (Wildman–Crippen MR) is 135 cm³/mol. The minimum Gasteiger partial charge on any atom is -0.504 e. The molecule has 8 heteroatoms. The minimum atomic E-state index is -0.482. The van der Waals surface area contributed by atoms with Gasteiger partial charge in [0.25, 0.3) is 5.56 Å². The van der Waals surface area contributed by atoms with E-state index in [4.69, 9.17) is 0 Å². The van der Waals surface area contributed by atoms with Crippen molar-refractivity contribution in [2.24, 2.45) is 7.05 Å². The molecule has 2 aromatic carbocycles. The molecule has 0 aliphatic heterocycles. The Balaban J connectivity index is 1.61. The topological polar surface area (TPSA) is 107 Å². The number of aromatic nitrogens is 4. The van der Waals surface area contributed by atoms with E-state index in [1.807, 2.05) is 36.4 Å². The van der Waals surface area contributed by atoms with Crippen molar-refractivity contribution in [3.05, 3.63) is 134 Å². The van der Waals surface area contributed by atoms with E-state index in [-0.39, 0.29) is 29.1 Å². The molecule has 0 saturated carbocycles. The van der Waals surface area contributed by atoms with Crippen LogP contribution in [0.15, 0.2) is 94.9 Å². The number of carbonyl (C=O) groups excluding carboxylic acids is 1. The number of aromatic hydroxyl groups is 1. The summed E-state index contributed by atoms with van der Waals surface area (Å²) in [5.74, 6) is -0.772. The Morgan fingerprint density at radius 1 is 0.917 bits per heavy atom. The summed E-state index contributed by atoms with van der Waals surface area (Å²) in [5.41, 5.74) is 2.04. The fraction of sp³-hybridized carbons (Fsp3) is 0.107. The lowest BCUT2D eigenvalue weighted by Gasteiger charge is -2.12. The van der Waals surface area contributed by atoms with E-state index in [1.54, 1.807) is 31.3 Å². The van der Waals surface area contributed by atoms with E-state index < -0.39 is 17.0 Å². The highest BCUT2D eigenvalue weighted by molar-refractivity contribution is 6.11. The Morgan fingerprint density at radius 2 is 1.69 bits per heavy atom. The summed E-state index contributed by atoms with van der Waals surface area (Å²) >= 11 is 0. The maximum Gasteiger partial charge on any atom is 0.331 e. The molecule has 0 unspecified atom stereocenters. The molecular formula is C28H22N4O4. The Hall–Kier alpha value is -4.85. The number of hydrogen-bond acceptors (Lipinski definition) is 6. The lowest BCUT2D eigenvalue weighted by Crippen LogP contribution is -2.38. The average molecular weight is 479 g/mol. The Morgan fingerprint density at radius 3 is 2.50 bits per heavy atom. The molecule has 0 aliphatic rings. The second-order valence-corrected chi connectivity index (χ2v) is 8.56. The molecule has 36 heavy (non-hydrogen) atoms. The molecule has 0 amide bonds. The fourth-order valence-electron chi connectivity index (χ4n) is 4.19. The predicted octanol–water partition coefficient (Wildman–Crippen LogP) is 3.07. The second kappa shape index (κ2) is 9.42. The van der Waals surface area contributed by atoms with E-state index in [1.165, 1.54) is 29.2 Å². The van der Waals surface area contributed by atoms with Crippen LogP contribution >= 0.6 is 0 Å². The van der Waals surface area contributed by atoms with Crippen LogP contribution < -0.4 is 11.2 Å². The quantitative estimate of drug-likeness (QED) is 0.376. The first-order valence-electron chi connectivity index (χ1n) is 11.3. The number of pyridine rings is 2. The monoisotopic (exact) mass is 478 g/mol. The van der Waals surface area contributed by atoms with Gasteiger partial charge in [0.2, 0.25) is 5.78 Å². The third-order valence-electron chi connectivity index (χ3n) is 5.98. The highest BCUT2D eigenvalue weighted by atomic mass is 16.3. The highest BCUT2D eigenvalue weighted by Gasteiger charge is 2.20. The van der Waals surface area contributed by atoms with Crippen LogP contribution in [0.3, 0.4) is 0 Å². The maximum atomic E-state index is 13.5. The number of benzene rings is 2. The van der Waals surface area contributed by atoms with E-state index in [2.05, 4.69) is 9.97 Å². The van der Waals surface area contributed by atoms with Gasteiger partial charge in [-0.2, -0.15) is 0 Å². The minimum absolute atomic E-state index is 0.00601. The first-order chi connectivity index (χ1) is 17.4. The first kappa shape index (κ1) is 22.9. The number of carbonyl (C=O) groups is 1. The Labute approximate surface area is 205 Å². The number of hydrogen-bond donors (Lipinski definition) is 1. The molecule has 0 radical (unpaired) electrons. The molecule has 0 aliphatic carbocycles. The molecule has 5 aromatic rings. The summed E-state index contributed by atoms with van der Waals surface area (Å²) in [6.45, 7) is -0.00601. The number of rotatable bonds is 6. The summed E-state index contributed by atoms with van der Waals surface area (Å²) in [6, 6.07) is 19.8. The van der Waals surface area contributed by atoms with Gasteiger partial charge in [-0.1, -0.05) is 36.4 Å². The molecule has 3 heterocycles. The molecule has 0 spiro atoms.